The number of ether oxygens (including phenoxy) is 1. The highest BCUT2D eigenvalue weighted by Gasteiger charge is 2.16. The van der Waals surface area contributed by atoms with Gasteiger partial charge in [-0.3, -0.25) is 10.1 Å². The molecule has 3 aromatic carbocycles. The molecular weight excluding hydrogens is 495 g/mol. The second-order valence-electron chi connectivity index (χ2n) is 6.71. The molecule has 6 nitrogen and oxygen atoms in total. The normalized spacial score (nSPS) is 10.8. The predicted molar refractivity (Wildman–Crippen MR) is 126 cm³/mol. The summed E-state index contributed by atoms with van der Waals surface area (Å²) in [6.07, 6.45) is 0. The molecule has 0 aliphatic carbocycles. The van der Waals surface area contributed by atoms with Crippen molar-refractivity contribution < 1.29 is 22.7 Å². The molecule has 0 aliphatic heterocycles. The van der Waals surface area contributed by atoms with Crippen LogP contribution in [0, 0.1) is 11.6 Å². The number of benzene rings is 3. The fourth-order valence-electron chi connectivity index (χ4n) is 2.95. The molecule has 4 rings (SSSR count). The van der Waals surface area contributed by atoms with Crippen molar-refractivity contribution >= 4 is 63.2 Å². The molecular formula is C22H13Cl2F2N3O3S. The molecule has 33 heavy (non-hydrogen) atoms. The summed E-state index contributed by atoms with van der Waals surface area (Å²) < 4.78 is 37.6. The lowest BCUT2D eigenvalue weighted by molar-refractivity contribution is 0.0977. The minimum atomic E-state index is -1.07. The Morgan fingerprint density at radius 2 is 1.82 bits per heavy atom. The quantitative estimate of drug-likeness (QED) is 0.252. The summed E-state index contributed by atoms with van der Waals surface area (Å²) in [5.74, 6) is -2.14. The third-order valence-electron chi connectivity index (χ3n) is 4.53. The zero-order valence-electron chi connectivity index (χ0n) is 16.7. The second kappa shape index (κ2) is 9.30. The van der Waals surface area contributed by atoms with Gasteiger partial charge in [0.05, 0.1) is 22.7 Å². The highest BCUT2D eigenvalue weighted by atomic mass is 35.5. The number of rotatable bonds is 4. The van der Waals surface area contributed by atoms with Gasteiger partial charge in [0.1, 0.15) is 11.3 Å². The maximum atomic E-state index is 13.6. The Morgan fingerprint density at radius 1 is 1.06 bits per heavy atom. The van der Waals surface area contributed by atoms with Crippen molar-refractivity contribution in [1.29, 1.82) is 0 Å². The van der Waals surface area contributed by atoms with Gasteiger partial charge < -0.3 is 14.5 Å². The van der Waals surface area contributed by atoms with E-state index in [1.165, 1.54) is 13.2 Å². The van der Waals surface area contributed by atoms with Crippen LogP contribution in [0.1, 0.15) is 10.4 Å². The Labute approximate surface area is 201 Å². The number of nitrogens with one attached hydrogen (secondary N) is 2. The molecule has 1 aromatic heterocycles. The average molecular weight is 508 g/mol. The minimum absolute atomic E-state index is 0.0262. The van der Waals surface area contributed by atoms with Gasteiger partial charge in [0.25, 0.3) is 5.91 Å². The third kappa shape index (κ3) is 4.90. The van der Waals surface area contributed by atoms with Crippen molar-refractivity contribution in [2.45, 2.75) is 0 Å². The van der Waals surface area contributed by atoms with Crippen LogP contribution in [0.4, 0.5) is 14.5 Å². The van der Waals surface area contributed by atoms with Crippen LogP contribution in [0.25, 0.3) is 22.6 Å². The van der Waals surface area contributed by atoms with E-state index in [1.54, 1.807) is 30.3 Å². The molecule has 0 fully saturated rings. The number of anilines is 1. The minimum Gasteiger partial charge on any atom is -0.495 e. The van der Waals surface area contributed by atoms with Crippen molar-refractivity contribution in [3.63, 3.8) is 0 Å². The average Bonchev–Trinajstić information content (AvgIpc) is 3.19. The number of aromatic nitrogens is 1. The largest absolute Gasteiger partial charge is 0.495 e. The molecule has 0 unspecified atom stereocenters. The van der Waals surface area contributed by atoms with Gasteiger partial charge in [0.15, 0.2) is 22.3 Å². The fourth-order valence-corrected chi connectivity index (χ4v) is 3.65. The number of halogens is 4. The number of carbonyl (C=O) groups is 1. The third-order valence-corrected chi connectivity index (χ3v) is 5.34. The van der Waals surface area contributed by atoms with E-state index in [9.17, 15) is 13.6 Å². The smallest absolute Gasteiger partial charge is 0.257 e. The maximum absolute atomic E-state index is 13.6. The number of hydrogen-bond donors (Lipinski definition) is 2. The van der Waals surface area contributed by atoms with Crippen molar-refractivity contribution in [3.05, 3.63) is 75.8 Å². The van der Waals surface area contributed by atoms with Crippen molar-refractivity contribution in [1.82, 2.24) is 10.3 Å². The summed E-state index contributed by atoms with van der Waals surface area (Å²) in [4.78, 5) is 16.7. The number of methoxy groups -OCH3 is 1. The second-order valence-corrected chi connectivity index (χ2v) is 7.93. The standard InChI is InChI=1S/C22H13Cl2F2N3O3S/c1-31-18-4-2-10(6-14(18)24)20(30)29-22(33)27-11-3-5-19-17(7-11)28-21(32-19)12-8-15(25)16(26)9-13(12)23/h2-9H,1H3,(H2,27,29,30,33). The Balaban J connectivity index is 1.50. The Hall–Kier alpha value is -3.27. The number of carbonyl (C=O) groups excluding carboxylic acids is 1. The van der Waals surface area contributed by atoms with E-state index in [2.05, 4.69) is 15.6 Å². The van der Waals surface area contributed by atoms with Gasteiger partial charge in [-0.25, -0.2) is 13.8 Å². The van der Waals surface area contributed by atoms with Crippen LogP contribution < -0.4 is 15.4 Å². The zero-order chi connectivity index (χ0) is 23.7. The molecule has 0 aliphatic rings. The summed E-state index contributed by atoms with van der Waals surface area (Å²) in [5, 5.41) is 5.71. The summed E-state index contributed by atoms with van der Waals surface area (Å²) in [7, 11) is 1.47. The number of amides is 1. The first kappa shape index (κ1) is 22.9. The number of hydrogen-bond acceptors (Lipinski definition) is 5. The van der Waals surface area contributed by atoms with E-state index >= 15 is 0 Å². The Bertz CT molecular complexity index is 1410. The van der Waals surface area contributed by atoms with Gasteiger partial charge in [-0.1, -0.05) is 23.2 Å². The van der Waals surface area contributed by atoms with Gasteiger partial charge in [-0.05, 0) is 60.7 Å². The van der Waals surface area contributed by atoms with Crippen molar-refractivity contribution in [2.75, 3.05) is 12.4 Å². The predicted octanol–water partition coefficient (Wildman–Crippen LogP) is 6.22. The molecule has 0 spiro atoms. The lowest BCUT2D eigenvalue weighted by Crippen LogP contribution is -2.34. The lowest BCUT2D eigenvalue weighted by atomic mass is 10.2. The van der Waals surface area contributed by atoms with Crippen LogP contribution in [0.2, 0.25) is 10.0 Å². The SMILES string of the molecule is COc1ccc(C(=O)NC(=S)Nc2ccc3oc(-c4cc(F)c(F)cc4Cl)nc3c2)cc1Cl. The van der Waals surface area contributed by atoms with Gasteiger partial charge in [-0.2, -0.15) is 0 Å². The fraction of sp³-hybridized carbons (Fsp3) is 0.0455. The molecule has 1 amide bonds. The number of nitrogens with zero attached hydrogens (tertiary/aromatic N) is 1. The van der Waals surface area contributed by atoms with Crippen LogP contribution in [-0.4, -0.2) is 23.1 Å². The van der Waals surface area contributed by atoms with Crippen LogP contribution >= 0.6 is 35.4 Å². The van der Waals surface area contributed by atoms with E-state index in [4.69, 9.17) is 44.6 Å². The van der Waals surface area contributed by atoms with Gasteiger partial charge >= 0.3 is 0 Å². The first-order valence-corrected chi connectivity index (χ1v) is 10.4. The van der Waals surface area contributed by atoms with E-state index in [0.29, 0.717) is 28.1 Å². The van der Waals surface area contributed by atoms with Crippen molar-refractivity contribution in [2.24, 2.45) is 0 Å². The van der Waals surface area contributed by atoms with Gasteiger partial charge in [-0.15, -0.1) is 0 Å². The monoisotopic (exact) mass is 507 g/mol. The lowest BCUT2D eigenvalue weighted by Gasteiger charge is -2.10. The summed E-state index contributed by atoms with van der Waals surface area (Å²) in [5.41, 5.74) is 1.72. The molecule has 0 bridgehead atoms. The number of fused-ring (bicyclic) bond motifs is 1. The van der Waals surface area contributed by atoms with Crippen molar-refractivity contribution in [3.8, 4) is 17.2 Å². The molecule has 11 heteroatoms. The molecule has 2 N–H and O–H groups in total. The van der Waals surface area contributed by atoms with E-state index in [0.717, 1.165) is 12.1 Å². The molecule has 0 atom stereocenters. The van der Waals surface area contributed by atoms with Crippen LogP contribution in [0.5, 0.6) is 5.75 Å². The van der Waals surface area contributed by atoms with Gasteiger partial charge in [0, 0.05) is 11.3 Å². The van der Waals surface area contributed by atoms with Crippen LogP contribution in [0.3, 0.4) is 0 Å². The Morgan fingerprint density at radius 3 is 2.55 bits per heavy atom. The molecule has 1 heterocycles. The van der Waals surface area contributed by atoms with Gasteiger partial charge in [0.2, 0.25) is 5.89 Å². The zero-order valence-corrected chi connectivity index (χ0v) is 19.0. The Kier molecular flexibility index (Phi) is 6.46. The van der Waals surface area contributed by atoms with E-state index in [1.807, 2.05) is 0 Å². The first-order valence-electron chi connectivity index (χ1n) is 9.26. The molecule has 4 aromatic rings. The van der Waals surface area contributed by atoms with E-state index in [-0.39, 0.29) is 26.6 Å². The highest BCUT2D eigenvalue weighted by Crippen LogP contribution is 2.32. The first-order chi connectivity index (χ1) is 15.7. The number of oxazole rings is 1. The summed E-state index contributed by atoms with van der Waals surface area (Å²) >= 11 is 17.3. The number of thiocarbonyl (C=S) groups is 1. The van der Waals surface area contributed by atoms with E-state index < -0.39 is 17.5 Å². The molecule has 168 valence electrons. The summed E-state index contributed by atoms with van der Waals surface area (Å²) in [6.45, 7) is 0. The van der Waals surface area contributed by atoms with Crippen LogP contribution in [0.15, 0.2) is 52.9 Å². The maximum Gasteiger partial charge on any atom is 0.257 e. The highest BCUT2D eigenvalue weighted by molar-refractivity contribution is 7.80. The topological polar surface area (TPSA) is 76.4 Å². The molecule has 0 saturated carbocycles. The van der Waals surface area contributed by atoms with Crippen LogP contribution in [-0.2, 0) is 0 Å². The summed E-state index contributed by atoms with van der Waals surface area (Å²) in [6, 6.07) is 11.2. The molecule has 0 saturated heterocycles. The molecule has 0 radical (unpaired) electrons.